The monoisotopic (exact) mass is 364 g/mol. The normalized spacial score (nSPS) is 10.8. The van der Waals surface area contributed by atoms with Crippen LogP contribution in [0.2, 0.25) is 5.02 Å². The Morgan fingerprint density at radius 3 is 1.96 bits per heavy atom. The lowest BCUT2D eigenvalue weighted by Crippen LogP contribution is -2.05. The topological polar surface area (TPSA) is 37.3 Å². The maximum atomic E-state index is 11.9. The highest BCUT2D eigenvalue weighted by atomic mass is 35.5. The van der Waals surface area contributed by atoms with Crippen LogP contribution in [0.5, 0.6) is 0 Å². The third-order valence-electron chi connectivity index (χ3n) is 5.23. The molecule has 0 aliphatic carbocycles. The van der Waals surface area contributed by atoms with Gasteiger partial charge in [0.2, 0.25) is 0 Å². The standard InChI is InChI=1S/C23H21ClO2/c1-13-14(2)16(4)22(19-11-10-18(24)12-20(19)23(25)26)21(15(13)3)17-8-6-5-7-9-17/h5-12H,1-4H3,(H,25,26). The molecule has 0 aliphatic rings. The molecule has 132 valence electrons. The van der Waals surface area contributed by atoms with Gasteiger partial charge < -0.3 is 5.11 Å². The molecule has 1 N–H and O–H groups in total. The first-order valence-electron chi connectivity index (χ1n) is 8.52. The summed E-state index contributed by atoms with van der Waals surface area (Å²) in [5.74, 6) is -0.975. The van der Waals surface area contributed by atoms with Crippen molar-refractivity contribution in [2.24, 2.45) is 0 Å². The Morgan fingerprint density at radius 2 is 1.38 bits per heavy atom. The highest BCUT2D eigenvalue weighted by Gasteiger charge is 2.22. The molecule has 0 bridgehead atoms. The molecule has 0 amide bonds. The first kappa shape index (κ1) is 18.2. The van der Waals surface area contributed by atoms with E-state index in [1.807, 2.05) is 24.3 Å². The molecule has 0 radical (unpaired) electrons. The molecule has 3 heteroatoms. The van der Waals surface area contributed by atoms with Gasteiger partial charge in [-0.15, -0.1) is 0 Å². The van der Waals surface area contributed by atoms with Gasteiger partial charge in [0.15, 0.2) is 0 Å². The van der Waals surface area contributed by atoms with Crippen LogP contribution in [0.25, 0.3) is 22.3 Å². The second kappa shape index (κ2) is 6.97. The van der Waals surface area contributed by atoms with Gasteiger partial charge >= 0.3 is 5.97 Å². The van der Waals surface area contributed by atoms with E-state index in [4.69, 9.17) is 11.6 Å². The van der Waals surface area contributed by atoms with Crippen molar-refractivity contribution in [3.8, 4) is 22.3 Å². The van der Waals surface area contributed by atoms with E-state index >= 15 is 0 Å². The summed E-state index contributed by atoms with van der Waals surface area (Å²) in [5, 5.41) is 10.2. The molecule has 0 aliphatic heterocycles. The van der Waals surface area contributed by atoms with Gasteiger partial charge in [0.25, 0.3) is 0 Å². The molecule has 0 unspecified atom stereocenters. The summed E-state index contributed by atoms with van der Waals surface area (Å²) in [5.41, 5.74) is 8.72. The summed E-state index contributed by atoms with van der Waals surface area (Å²) >= 11 is 6.07. The molecule has 0 spiro atoms. The van der Waals surface area contributed by atoms with Crippen molar-refractivity contribution in [3.05, 3.63) is 81.4 Å². The maximum absolute atomic E-state index is 11.9. The van der Waals surface area contributed by atoms with E-state index in [1.165, 1.54) is 22.8 Å². The van der Waals surface area contributed by atoms with Crippen molar-refractivity contribution in [2.75, 3.05) is 0 Å². The van der Waals surface area contributed by atoms with Gasteiger partial charge in [-0.1, -0.05) is 48.0 Å². The summed E-state index contributed by atoms with van der Waals surface area (Å²) in [6, 6.07) is 15.2. The molecule has 26 heavy (non-hydrogen) atoms. The zero-order valence-electron chi connectivity index (χ0n) is 15.4. The van der Waals surface area contributed by atoms with Crippen molar-refractivity contribution in [1.82, 2.24) is 0 Å². The molecular weight excluding hydrogens is 344 g/mol. The van der Waals surface area contributed by atoms with Crippen LogP contribution >= 0.6 is 11.6 Å². The average molecular weight is 365 g/mol. The van der Waals surface area contributed by atoms with Crippen LogP contribution in [0, 0.1) is 27.7 Å². The second-order valence-electron chi connectivity index (χ2n) is 6.61. The Bertz CT molecular complexity index is 1000. The molecular formula is C23H21ClO2. The van der Waals surface area contributed by atoms with Crippen LogP contribution in [-0.2, 0) is 0 Å². The third kappa shape index (κ3) is 3.02. The Hall–Kier alpha value is -2.58. The molecule has 3 rings (SSSR count). The average Bonchev–Trinajstić information content (AvgIpc) is 2.63. The quantitative estimate of drug-likeness (QED) is 0.568. The van der Waals surface area contributed by atoms with E-state index in [0.717, 1.165) is 22.3 Å². The van der Waals surface area contributed by atoms with Gasteiger partial charge in [-0.3, -0.25) is 0 Å². The van der Waals surface area contributed by atoms with E-state index in [-0.39, 0.29) is 5.56 Å². The molecule has 2 nitrogen and oxygen atoms in total. The minimum atomic E-state index is -0.975. The van der Waals surface area contributed by atoms with E-state index in [0.29, 0.717) is 10.6 Å². The molecule has 0 atom stereocenters. The van der Waals surface area contributed by atoms with Crippen LogP contribution in [0.3, 0.4) is 0 Å². The minimum absolute atomic E-state index is 0.223. The van der Waals surface area contributed by atoms with Crippen LogP contribution < -0.4 is 0 Å². The Morgan fingerprint density at radius 1 is 0.808 bits per heavy atom. The van der Waals surface area contributed by atoms with E-state index in [9.17, 15) is 9.90 Å². The fourth-order valence-corrected chi connectivity index (χ4v) is 3.70. The third-order valence-corrected chi connectivity index (χ3v) is 5.47. The Labute approximate surface area is 159 Å². The van der Waals surface area contributed by atoms with Crippen LogP contribution in [0.15, 0.2) is 48.5 Å². The number of benzene rings is 3. The summed E-state index contributed by atoms with van der Waals surface area (Å²) < 4.78 is 0. The predicted octanol–water partition coefficient (Wildman–Crippen LogP) is 6.61. The molecule has 0 saturated carbocycles. The van der Waals surface area contributed by atoms with Crippen molar-refractivity contribution < 1.29 is 9.90 Å². The second-order valence-corrected chi connectivity index (χ2v) is 7.05. The Kier molecular flexibility index (Phi) is 4.88. The van der Waals surface area contributed by atoms with Crippen molar-refractivity contribution in [1.29, 1.82) is 0 Å². The summed E-state index contributed by atoms with van der Waals surface area (Å²) in [4.78, 5) is 11.9. The summed E-state index contributed by atoms with van der Waals surface area (Å²) in [7, 11) is 0. The van der Waals surface area contributed by atoms with Crippen molar-refractivity contribution in [2.45, 2.75) is 27.7 Å². The van der Waals surface area contributed by atoms with Crippen LogP contribution in [0.1, 0.15) is 32.6 Å². The van der Waals surface area contributed by atoms with Crippen LogP contribution in [-0.4, -0.2) is 11.1 Å². The number of aromatic carboxylic acids is 1. The largest absolute Gasteiger partial charge is 0.478 e. The summed E-state index contributed by atoms with van der Waals surface area (Å²) in [6.45, 7) is 8.37. The molecule has 0 fully saturated rings. The minimum Gasteiger partial charge on any atom is -0.478 e. The fraction of sp³-hybridized carbons (Fsp3) is 0.174. The van der Waals surface area contributed by atoms with Gasteiger partial charge in [-0.05, 0) is 84.3 Å². The van der Waals surface area contributed by atoms with Gasteiger partial charge in [0, 0.05) is 5.02 Å². The number of rotatable bonds is 3. The van der Waals surface area contributed by atoms with E-state index < -0.39 is 5.97 Å². The van der Waals surface area contributed by atoms with Crippen LogP contribution in [0.4, 0.5) is 0 Å². The molecule has 3 aromatic rings. The smallest absolute Gasteiger partial charge is 0.336 e. The lowest BCUT2D eigenvalue weighted by Gasteiger charge is -2.22. The zero-order chi connectivity index (χ0) is 19.0. The number of hydrogen-bond acceptors (Lipinski definition) is 1. The number of halogens is 1. The lowest BCUT2D eigenvalue weighted by molar-refractivity contribution is 0.0697. The van der Waals surface area contributed by atoms with Gasteiger partial charge in [0.1, 0.15) is 0 Å². The van der Waals surface area contributed by atoms with E-state index in [2.05, 4.69) is 39.8 Å². The number of hydrogen-bond donors (Lipinski definition) is 1. The zero-order valence-corrected chi connectivity index (χ0v) is 16.1. The number of carbonyl (C=O) groups is 1. The number of carboxylic acids is 1. The van der Waals surface area contributed by atoms with Gasteiger partial charge in [0.05, 0.1) is 5.56 Å². The van der Waals surface area contributed by atoms with E-state index in [1.54, 1.807) is 6.07 Å². The van der Waals surface area contributed by atoms with Gasteiger partial charge in [-0.25, -0.2) is 4.79 Å². The first-order chi connectivity index (χ1) is 12.3. The predicted molar refractivity (Wildman–Crippen MR) is 108 cm³/mol. The van der Waals surface area contributed by atoms with Crippen molar-refractivity contribution >= 4 is 17.6 Å². The number of carboxylic acid groups (broad SMARTS) is 1. The molecule has 3 aromatic carbocycles. The summed E-state index contributed by atoms with van der Waals surface area (Å²) in [6.07, 6.45) is 0. The molecule has 0 heterocycles. The van der Waals surface area contributed by atoms with Crippen molar-refractivity contribution in [3.63, 3.8) is 0 Å². The molecule has 0 aromatic heterocycles. The highest BCUT2D eigenvalue weighted by molar-refractivity contribution is 6.31. The lowest BCUT2D eigenvalue weighted by atomic mass is 9.81. The SMILES string of the molecule is Cc1c(C)c(C)c(-c2ccc(Cl)cc2C(=O)O)c(-c2ccccc2)c1C. The maximum Gasteiger partial charge on any atom is 0.336 e. The highest BCUT2D eigenvalue weighted by Crippen LogP contribution is 2.42. The Balaban J connectivity index is 2.48. The fourth-order valence-electron chi connectivity index (χ4n) is 3.53. The van der Waals surface area contributed by atoms with Gasteiger partial charge in [-0.2, -0.15) is 0 Å². The first-order valence-corrected chi connectivity index (χ1v) is 8.89. The molecule has 0 saturated heterocycles.